The zero-order chi connectivity index (χ0) is 68.6. The van der Waals surface area contributed by atoms with Crippen LogP contribution in [0.3, 0.4) is 0 Å². The van der Waals surface area contributed by atoms with E-state index in [-0.39, 0.29) is 0 Å². The van der Waals surface area contributed by atoms with Gasteiger partial charge in [-0.15, -0.1) is 0 Å². The molecule has 3 aromatic rings. The van der Waals surface area contributed by atoms with Crippen molar-refractivity contribution in [1.82, 2.24) is 0 Å². The van der Waals surface area contributed by atoms with Gasteiger partial charge < -0.3 is 51.5 Å². The number of nitrogens with zero attached hydrogens (tertiary/aromatic N) is 8. The van der Waals surface area contributed by atoms with E-state index < -0.39 is 46.4 Å². The minimum atomic E-state index is -1.53. The summed E-state index contributed by atoms with van der Waals surface area (Å²) in [5, 5.41) is 62.5. The molecule has 3 rings (SSSR count). The van der Waals surface area contributed by atoms with Gasteiger partial charge in [0.1, 0.15) is 24.0 Å². The van der Waals surface area contributed by atoms with Gasteiger partial charge in [-0.2, -0.15) is 46.3 Å². The molecule has 0 spiro atoms. The molecular formula is C57H90N8O19S2. The number of carbonyl (C=O) groups is 3. The molecule has 0 aliphatic heterocycles. The van der Waals surface area contributed by atoms with Crippen molar-refractivity contribution in [3.8, 4) is 60.1 Å². The van der Waals surface area contributed by atoms with Gasteiger partial charge in [0.2, 0.25) is 0 Å². The first-order valence-corrected chi connectivity index (χ1v) is 28.2. The molecule has 0 atom stereocenters. The van der Waals surface area contributed by atoms with Crippen LogP contribution >= 0.6 is 0 Å². The second-order valence-electron chi connectivity index (χ2n) is 12.8. The third-order valence-corrected chi connectivity index (χ3v) is 6.76. The number of nitriles is 8. The van der Waals surface area contributed by atoms with Gasteiger partial charge in [-0.1, -0.05) is 43.3 Å². The van der Waals surface area contributed by atoms with Gasteiger partial charge in [0, 0.05) is 88.4 Å². The highest BCUT2D eigenvalue weighted by molar-refractivity contribution is 7.83. The maximum Gasteiger partial charge on any atom is 0.518 e. The summed E-state index contributed by atoms with van der Waals surface area (Å²) in [7, 11) is 9.11. The number of ether oxygens (including phenoxy) is 9. The van der Waals surface area contributed by atoms with Crippen LogP contribution in [-0.4, -0.2) is 122 Å². The van der Waals surface area contributed by atoms with Crippen LogP contribution in [0.2, 0.25) is 0 Å². The highest BCUT2D eigenvalue weighted by Crippen LogP contribution is 2.06. The molecular weight excluding hydrogens is 1160 g/mol. The number of unbranched alkanes of at least 4 members (excludes halogenated alkanes) is 6. The monoisotopic (exact) mass is 1250 g/mol. The maximum absolute atomic E-state index is 10.2. The van der Waals surface area contributed by atoms with Gasteiger partial charge in [0.25, 0.3) is 0 Å². The standard InChI is InChI=1S/2C7H8O.C6H8N2.C5H6N2.C5H10O3.C4H4N2.C4H8O3.C4H10O.C3H5N.C3H2O3.C3H6O3.C2H3N.C2H6O3S.C2H6OS/c2*1-8-7-5-3-2-4-6-7;7-5-3-1-2-4-6-8;6-4-2-1-3-5-7;1-3-7-5(6)8-4-2;5-3-1-2-4-6;1-3-7-4(5)6-2;1-3-5-4-2;1-2-3-4;4-3-5-1-2-6-3;1-5-3(4)6-2;1-2-3;1-4-6(3)5-2;1-4(2)3/h2*2-6H,1H3;1-4H2;1-3H2;3-4H2,1-2H3;1-2H2;3H2,1-2H3;3-4H2,1-2H3;2H2,1H3;1-2H;1-2H3;1H3;1-2H3;1-2H3. The Labute approximate surface area is 515 Å². The fourth-order valence-electron chi connectivity index (χ4n) is 2.88. The van der Waals surface area contributed by atoms with E-state index in [9.17, 15) is 27.6 Å². The van der Waals surface area contributed by atoms with Crippen molar-refractivity contribution in [3.63, 3.8) is 0 Å². The molecule has 0 bridgehead atoms. The largest absolute Gasteiger partial charge is 0.518 e. The summed E-state index contributed by atoms with van der Waals surface area (Å²) in [6, 6.07) is 34.7. The lowest BCUT2D eigenvalue weighted by Crippen LogP contribution is -2.05. The Morgan fingerprint density at radius 3 is 0.872 bits per heavy atom. The lowest BCUT2D eigenvalue weighted by molar-refractivity contribution is 0.0629. The minimum Gasteiger partial charge on any atom is -0.497 e. The second-order valence-corrected chi connectivity index (χ2v) is 15.3. The lowest BCUT2D eigenvalue weighted by Gasteiger charge is -1.98. The van der Waals surface area contributed by atoms with Crippen LogP contribution < -0.4 is 15.3 Å². The highest BCUT2D eigenvalue weighted by Gasteiger charge is 1.96. The van der Waals surface area contributed by atoms with E-state index in [0.717, 1.165) is 37.6 Å². The molecule has 1 heterocycles. The molecule has 86 heavy (non-hydrogen) atoms. The van der Waals surface area contributed by atoms with Crippen molar-refractivity contribution in [2.24, 2.45) is 0 Å². The summed E-state index contributed by atoms with van der Waals surface area (Å²) in [6.07, 6.45) is 9.75. The molecule has 0 aliphatic carbocycles. The quantitative estimate of drug-likeness (QED) is 0.0774. The average Bonchev–Trinajstić information content (AvgIpc) is 4.04. The van der Waals surface area contributed by atoms with E-state index in [1.54, 1.807) is 53.6 Å². The lowest BCUT2D eigenvalue weighted by atomic mass is 10.2. The van der Waals surface area contributed by atoms with E-state index in [1.807, 2.05) is 124 Å². The molecule has 484 valence electrons. The Morgan fingerprint density at radius 2 is 0.733 bits per heavy atom. The Kier molecular flexibility index (Phi) is 128. The van der Waals surface area contributed by atoms with E-state index in [2.05, 4.69) is 45.6 Å². The summed E-state index contributed by atoms with van der Waals surface area (Å²) in [6.45, 7) is 15.2. The van der Waals surface area contributed by atoms with Crippen LogP contribution in [0, 0.1) is 90.6 Å². The molecule has 0 fully saturated rings. The number of benzene rings is 2. The SMILES string of the molecule is CC#N.CCC#N.CCOC(=O)OC.CCOC(=O)OCC.CCOCC.COC(=O)OC.COS(=O)OC.COc1ccccc1.COc1ccccc1.CS(C)=O.N#CCCC#N.N#CCCCC#N.N#CCCCCC#N.O=c1occo1. The summed E-state index contributed by atoms with van der Waals surface area (Å²) in [4.78, 5) is 39.6. The number of rotatable bonds is 15. The number of para-hydroxylation sites is 2. The van der Waals surface area contributed by atoms with Crippen molar-refractivity contribution in [2.75, 3.05) is 95.3 Å². The Balaban J connectivity index is -0.0000000788. The minimum absolute atomic E-state index is 0.358. The molecule has 0 saturated carbocycles. The predicted molar refractivity (Wildman–Crippen MR) is 322 cm³/mol. The van der Waals surface area contributed by atoms with Crippen molar-refractivity contribution in [1.29, 1.82) is 42.1 Å². The normalized spacial score (nSPS) is 7.60. The maximum atomic E-state index is 10.2. The fourth-order valence-corrected chi connectivity index (χ4v) is 3.02. The van der Waals surface area contributed by atoms with Crippen molar-refractivity contribution < 1.29 is 82.6 Å². The van der Waals surface area contributed by atoms with Crippen molar-refractivity contribution >= 4 is 40.6 Å². The molecule has 1 aromatic heterocycles. The van der Waals surface area contributed by atoms with Crippen molar-refractivity contribution in [3.05, 3.63) is 83.8 Å². The molecule has 0 N–H and O–H groups in total. The summed E-state index contributed by atoms with van der Waals surface area (Å²) < 4.78 is 76.0. The van der Waals surface area contributed by atoms with Crippen LogP contribution in [0.5, 0.6) is 11.5 Å². The predicted octanol–water partition coefficient (Wildman–Crippen LogP) is 11.9. The van der Waals surface area contributed by atoms with E-state index in [4.69, 9.17) is 56.3 Å². The number of hydrogen-bond donors (Lipinski definition) is 0. The molecule has 2 aromatic carbocycles. The molecule has 0 radical (unpaired) electrons. The van der Waals surface area contributed by atoms with Gasteiger partial charge in [0.05, 0.1) is 118 Å². The van der Waals surface area contributed by atoms with Gasteiger partial charge in [-0.25, -0.2) is 19.2 Å². The van der Waals surface area contributed by atoms with Crippen LogP contribution in [0.15, 0.2) is 86.8 Å². The van der Waals surface area contributed by atoms with Gasteiger partial charge in [-0.05, 0) is 78.1 Å². The molecule has 0 aliphatic rings. The zero-order valence-corrected chi connectivity index (χ0v) is 54.3. The first kappa shape index (κ1) is 102. The summed E-state index contributed by atoms with van der Waals surface area (Å²) >= 11 is -1.53. The molecule has 27 nitrogen and oxygen atoms in total. The molecule has 0 unspecified atom stereocenters. The first-order valence-electron chi connectivity index (χ1n) is 25.3. The van der Waals surface area contributed by atoms with E-state index in [0.29, 0.717) is 71.2 Å². The Morgan fingerprint density at radius 1 is 0.453 bits per heavy atom. The molecule has 29 heteroatoms. The van der Waals surface area contributed by atoms with E-state index >= 15 is 0 Å². The third kappa shape index (κ3) is 152. The van der Waals surface area contributed by atoms with Gasteiger partial charge in [-0.3, -0.25) is 12.6 Å². The molecule has 0 saturated heterocycles. The Bertz CT molecular complexity index is 2170. The van der Waals surface area contributed by atoms with Crippen LogP contribution in [0.25, 0.3) is 0 Å². The number of hydrogen-bond acceptors (Lipinski definition) is 27. The van der Waals surface area contributed by atoms with Crippen LogP contribution in [-0.2, 0) is 63.7 Å². The average molecular weight is 1260 g/mol. The van der Waals surface area contributed by atoms with Crippen molar-refractivity contribution in [2.45, 2.75) is 113 Å². The summed E-state index contributed by atoms with van der Waals surface area (Å²) in [5.41, 5.74) is 0. The summed E-state index contributed by atoms with van der Waals surface area (Å²) in [5.74, 6) is 1.16. The second kappa shape index (κ2) is 108. The van der Waals surface area contributed by atoms with Gasteiger partial charge in [0.15, 0.2) is 0 Å². The topological polar surface area (TPSA) is 421 Å². The van der Waals surface area contributed by atoms with Crippen LogP contribution in [0.4, 0.5) is 14.4 Å². The Hall–Kier alpha value is -9.04. The number of carbonyl (C=O) groups excluding carboxylic acids is 3. The smallest absolute Gasteiger partial charge is 0.497 e. The van der Waals surface area contributed by atoms with E-state index in [1.165, 1.54) is 55.0 Å². The highest BCUT2D eigenvalue weighted by atomic mass is 32.2. The first-order chi connectivity index (χ1) is 41.2. The number of methoxy groups -OCH3 is 5. The van der Waals surface area contributed by atoms with Crippen LogP contribution in [0.1, 0.15) is 113 Å². The van der Waals surface area contributed by atoms with Gasteiger partial charge >= 0.3 is 35.6 Å². The fraction of sp³-hybridized carbons (Fsp3) is 0.544. The third-order valence-electron chi connectivity index (χ3n) is 6.22. The zero-order valence-electron chi connectivity index (χ0n) is 52.7. The molecule has 0 amide bonds.